The highest BCUT2D eigenvalue weighted by Gasteiger charge is 2.64. The van der Waals surface area contributed by atoms with Gasteiger partial charge in [0.15, 0.2) is 0 Å². The Balaban J connectivity index is 2.16. The van der Waals surface area contributed by atoms with Crippen molar-refractivity contribution in [3.05, 3.63) is 22.9 Å². The van der Waals surface area contributed by atoms with E-state index in [4.69, 9.17) is 0 Å². The van der Waals surface area contributed by atoms with Crippen LogP contribution in [0.2, 0.25) is 0 Å². The van der Waals surface area contributed by atoms with Gasteiger partial charge in [0, 0.05) is 18.4 Å². The first-order valence-corrected chi connectivity index (χ1v) is 6.03. The van der Waals surface area contributed by atoms with Gasteiger partial charge in [-0.1, -0.05) is 27.7 Å². The topological polar surface area (TPSA) is 24.9 Å². The van der Waals surface area contributed by atoms with Gasteiger partial charge in [-0.25, -0.2) is 0 Å². The molecule has 0 spiro atoms. The Kier molecular flexibility index (Phi) is 2.34. The van der Waals surface area contributed by atoms with E-state index in [0.717, 1.165) is 10.2 Å². The van der Waals surface area contributed by atoms with Gasteiger partial charge in [0.1, 0.15) is 0 Å². The summed E-state index contributed by atoms with van der Waals surface area (Å²) in [6.45, 7) is 9.22. The van der Waals surface area contributed by atoms with E-state index in [9.17, 15) is 0 Å². The van der Waals surface area contributed by atoms with Crippen LogP contribution in [-0.4, -0.2) is 11.0 Å². The average molecular weight is 269 g/mol. The predicted molar refractivity (Wildman–Crippen MR) is 66.9 cm³/mol. The van der Waals surface area contributed by atoms with Gasteiger partial charge in [-0.2, -0.15) is 0 Å². The van der Waals surface area contributed by atoms with Gasteiger partial charge < -0.3 is 5.32 Å². The van der Waals surface area contributed by atoms with Crippen molar-refractivity contribution < 1.29 is 0 Å². The van der Waals surface area contributed by atoms with Crippen LogP contribution in [0.5, 0.6) is 0 Å². The van der Waals surface area contributed by atoms with Gasteiger partial charge in [-0.15, -0.1) is 0 Å². The molecule has 1 saturated carbocycles. The zero-order valence-electron chi connectivity index (χ0n) is 9.63. The van der Waals surface area contributed by atoms with Crippen molar-refractivity contribution in [3.63, 3.8) is 0 Å². The van der Waals surface area contributed by atoms with Gasteiger partial charge >= 0.3 is 0 Å². The van der Waals surface area contributed by atoms with E-state index in [-0.39, 0.29) is 0 Å². The molecule has 1 fully saturated rings. The molecule has 0 bridgehead atoms. The Bertz CT molecular complexity index is 371. The van der Waals surface area contributed by atoms with Crippen LogP contribution >= 0.6 is 15.9 Å². The molecule has 15 heavy (non-hydrogen) atoms. The van der Waals surface area contributed by atoms with Gasteiger partial charge in [0.05, 0.1) is 10.2 Å². The third-order valence-electron chi connectivity index (χ3n) is 4.09. The zero-order valence-corrected chi connectivity index (χ0v) is 11.2. The SMILES string of the molecule is CC1(C)C(Nc2ccncc2Br)C1(C)C. The number of aromatic nitrogens is 1. The minimum atomic E-state index is 0.357. The number of anilines is 1. The van der Waals surface area contributed by atoms with Gasteiger partial charge in [0.25, 0.3) is 0 Å². The molecule has 1 aromatic heterocycles. The molecule has 0 unspecified atom stereocenters. The number of nitrogens with zero attached hydrogens (tertiary/aromatic N) is 1. The molecular formula is C12H17BrN2. The second-order valence-corrected chi connectivity index (χ2v) is 6.23. The van der Waals surface area contributed by atoms with E-state index in [1.807, 2.05) is 18.5 Å². The third-order valence-corrected chi connectivity index (χ3v) is 4.72. The van der Waals surface area contributed by atoms with Gasteiger partial charge in [0.2, 0.25) is 0 Å². The van der Waals surface area contributed by atoms with E-state index in [2.05, 4.69) is 53.9 Å². The maximum absolute atomic E-state index is 4.06. The van der Waals surface area contributed by atoms with E-state index in [0.29, 0.717) is 16.9 Å². The second kappa shape index (κ2) is 3.21. The predicted octanol–water partition coefficient (Wildman–Crippen LogP) is 3.69. The fourth-order valence-corrected chi connectivity index (χ4v) is 2.57. The van der Waals surface area contributed by atoms with Gasteiger partial charge in [-0.05, 0) is 32.8 Å². The lowest BCUT2D eigenvalue weighted by Crippen LogP contribution is -2.10. The Morgan fingerprint density at radius 2 is 1.87 bits per heavy atom. The van der Waals surface area contributed by atoms with Crippen molar-refractivity contribution in [2.24, 2.45) is 10.8 Å². The lowest BCUT2D eigenvalue weighted by molar-refractivity contribution is 0.457. The molecule has 3 heteroatoms. The third kappa shape index (κ3) is 1.57. The number of pyridine rings is 1. The van der Waals surface area contributed by atoms with E-state index in [1.54, 1.807) is 0 Å². The summed E-state index contributed by atoms with van der Waals surface area (Å²) >= 11 is 3.50. The van der Waals surface area contributed by atoms with Crippen LogP contribution in [0.25, 0.3) is 0 Å². The van der Waals surface area contributed by atoms with Crippen LogP contribution < -0.4 is 5.32 Å². The molecule has 0 atom stereocenters. The normalized spacial score (nSPS) is 22.5. The summed E-state index contributed by atoms with van der Waals surface area (Å²) in [5.41, 5.74) is 1.85. The van der Waals surface area contributed by atoms with Crippen molar-refractivity contribution in [3.8, 4) is 0 Å². The standard InChI is InChI=1S/C12H17BrN2/c1-11(2)10(12(11,3)4)15-9-5-6-14-7-8(9)13/h5-7,10H,1-4H3,(H,14,15). The van der Waals surface area contributed by atoms with Crippen molar-refractivity contribution in [2.45, 2.75) is 33.7 Å². The molecule has 1 aliphatic carbocycles. The Hall–Kier alpha value is -0.570. The summed E-state index contributed by atoms with van der Waals surface area (Å²) in [5.74, 6) is 0. The van der Waals surface area contributed by atoms with Crippen LogP contribution in [-0.2, 0) is 0 Å². The fraction of sp³-hybridized carbons (Fsp3) is 0.583. The monoisotopic (exact) mass is 268 g/mol. The molecule has 2 rings (SSSR count). The summed E-state index contributed by atoms with van der Waals surface area (Å²) in [6.07, 6.45) is 3.64. The highest BCUT2D eigenvalue weighted by atomic mass is 79.9. The zero-order chi connectivity index (χ0) is 11.3. The molecule has 0 aromatic carbocycles. The molecule has 1 N–H and O–H groups in total. The van der Waals surface area contributed by atoms with Crippen LogP contribution in [0.15, 0.2) is 22.9 Å². The molecule has 1 heterocycles. The summed E-state index contributed by atoms with van der Waals surface area (Å²) in [4.78, 5) is 4.06. The minimum absolute atomic E-state index is 0.357. The Labute approximate surface area is 99.6 Å². The fourth-order valence-electron chi connectivity index (χ4n) is 2.20. The largest absolute Gasteiger partial charge is 0.380 e. The first-order valence-electron chi connectivity index (χ1n) is 5.23. The molecule has 0 amide bonds. The molecule has 82 valence electrons. The summed E-state index contributed by atoms with van der Waals surface area (Å²) in [6, 6.07) is 2.54. The van der Waals surface area contributed by atoms with E-state index in [1.165, 1.54) is 0 Å². The molecule has 2 nitrogen and oxygen atoms in total. The minimum Gasteiger partial charge on any atom is -0.380 e. The van der Waals surface area contributed by atoms with Crippen LogP contribution in [0.3, 0.4) is 0 Å². The van der Waals surface area contributed by atoms with Crippen molar-refractivity contribution >= 4 is 21.6 Å². The maximum atomic E-state index is 4.06. The molecule has 1 aromatic rings. The number of hydrogen-bond donors (Lipinski definition) is 1. The molecule has 0 radical (unpaired) electrons. The second-order valence-electron chi connectivity index (χ2n) is 5.38. The lowest BCUT2D eigenvalue weighted by atomic mass is 10.0. The molecule has 0 saturated heterocycles. The number of hydrogen-bond acceptors (Lipinski definition) is 2. The first kappa shape index (κ1) is 10.9. The van der Waals surface area contributed by atoms with Crippen LogP contribution in [0, 0.1) is 10.8 Å². The van der Waals surface area contributed by atoms with E-state index >= 15 is 0 Å². The average Bonchev–Trinajstić information content (AvgIpc) is 2.51. The van der Waals surface area contributed by atoms with Crippen LogP contribution in [0.4, 0.5) is 5.69 Å². The van der Waals surface area contributed by atoms with Crippen LogP contribution in [0.1, 0.15) is 27.7 Å². The van der Waals surface area contributed by atoms with Crippen molar-refractivity contribution in [1.82, 2.24) is 4.98 Å². The number of rotatable bonds is 2. The Morgan fingerprint density at radius 1 is 1.27 bits per heavy atom. The maximum Gasteiger partial charge on any atom is 0.0590 e. The highest BCUT2D eigenvalue weighted by Crippen LogP contribution is 2.63. The van der Waals surface area contributed by atoms with E-state index < -0.39 is 0 Å². The number of nitrogens with one attached hydrogen (secondary N) is 1. The summed E-state index contributed by atoms with van der Waals surface area (Å²) in [7, 11) is 0. The molecular weight excluding hydrogens is 252 g/mol. The lowest BCUT2D eigenvalue weighted by Gasteiger charge is -2.09. The molecule has 0 aliphatic heterocycles. The van der Waals surface area contributed by atoms with Crippen molar-refractivity contribution in [1.29, 1.82) is 0 Å². The smallest absolute Gasteiger partial charge is 0.0590 e. The summed E-state index contributed by atoms with van der Waals surface area (Å²) in [5, 5.41) is 3.58. The highest BCUT2D eigenvalue weighted by molar-refractivity contribution is 9.10. The quantitative estimate of drug-likeness (QED) is 0.885. The number of halogens is 1. The first-order chi connectivity index (χ1) is 6.87. The molecule has 1 aliphatic rings. The van der Waals surface area contributed by atoms with Gasteiger partial charge in [-0.3, -0.25) is 4.98 Å². The van der Waals surface area contributed by atoms with Crippen molar-refractivity contribution in [2.75, 3.05) is 5.32 Å². The summed E-state index contributed by atoms with van der Waals surface area (Å²) < 4.78 is 1.03. The Morgan fingerprint density at radius 3 is 2.33 bits per heavy atom.